The molecule has 0 spiro atoms. The van der Waals surface area contributed by atoms with Gasteiger partial charge in [-0.2, -0.15) is 0 Å². The molecule has 2 aromatic rings. The fourth-order valence-corrected chi connectivity index (χ4v) is 4.16. The van der Waals surface area contributed by atoms with Crippen LogP contribution in [0.3, 0.4) is 0 Å². The molecule has 2 rings (SSSR count). The summed E-state index contributed by atoms with van der Waals surface area (Å²) in [7, 11) is -1.87. The van der Waals surface area contributed by atoms with Gasteiger partial charge in [-0.1, -0.05) is 24.3 Å². The molecular formula is C18H28IN5O2S2. The van der Waals surface area contributed by atoms with Crippen LogP contribution in [-0.4, -0.2) is 33.0 Å². The number of guanidine groups is 1. The molecule has 7 nitrogen and oxygen atoms in total. The van der Waals surface area contributed by atoms with Gasteiger partial charge in [-0.15, -0.1) is 35.3 Å². The molecule has 0 saturated heterocycles. The van der Waals surface area contributed by atoms with Gasteiger partial charge in [0.15, 0.2) is 5.96 Å². The van der Waals surface area contributed by atoms with E-state index in [0.29, 0.717) is 13.1 Å². The van der Waals surface area contributed by atoms with E-state index in [1.807, 2.05) is 39.0 Å². The Balaban J connectivity index is 0.00000392. The summed E-state index contributed by atoms with van der Waals surface area (Å²) in [5.41, 5.74) is 2.74. The lowest BCUT2D eigenvalue weighted by molar-refractivity contribution is 0.587. The van der Waals surface area contributed by atoms with E-state index in [1.54, 1.807) is 17.4 Å². The van der Waals surface area contributed by atoms with E-state index in [-0.39, 0.29) is 29.7 Å². The van der Waals surface area contributed by atoms with Gasteiger partial charge in [-0.25, -0.2) is 23.1 Å². The smallest absolute Gasteiger partial charge is 0.215 e. The molecule has 28 heavy (non-hydrogen) atoms. The fourth-order valence-electron chi connectivity index (χ4n) is 2.52. The highest BCUT2D eigenvalue weighted by atomic mass is 127. The highest BCUT2D eigenvalue weighted by Gasteiger charge is 2.09. The second kappa shape index (κ2) is 11.7. The predicted molar refractivity (Wildman–Crippen MR) is 127 cm³/mol. The van der Waals surface area contributed by atoms with Crippen molar-refractivity contribution in [2.75, 3.05) is 13.6 Å². The number of nitrogens with zero attached hydrogens (tertiary/aromatic N) is 2. The van der Waals surface area contributed by atoms with Gasteiger partial charge in [0.25, 0.3) is 0 Å². The van der Waals surface area contributed by atoms with Crippen molar-refractivity contribution in [2.45, 2.75) is 39.6 Å². The third-order valence-corrected chi connectivity index (χ3v) is 6.25. The molecule has 0 aliphatic heterocycles. The van der Waals surface area contributed by atoms with Crippen LogP contribution in [0.2, 0.25) is 0 Å². The third kappa shape index (κ3) is 8.02. The largest absolute Gasteiger partial charge is 0.357 e. The zero-order chi connectivity index (χ0) is 19.9. The SMILES string of the molecule is CCNC(=NCc1cccc(CS(=O)(=O)NC)c1)NCc1sc(C)nc1C.I. The van der Waals surface area contributed by atoms with Crippen molar-refractivity contribution in [1.29, 1.82) is 0 Å². The number of hydrogen-bond acceptors (Lipinski definition) is 5. The molecular weight excluding hydrogens is 509 g/mol. The van der Waals surface area contributed by atoms with Gasteiger partial charge in [0.05, 0.1) is 29.5 Å². The second-order valence-corrected chi connectivity index (χ2v) is 9.29. The van der Waals surface area contributed by atoms with Crippen molar-refractivity contribution in [3.8, 4) is 0 Å². The van der Waals surface area contributed by atoms with Crippen LogP contribution in [0.1, 0.15) is 33.6 Å². The normalized spacial score (nSPS) is 11.8. The molecule has 0 atom stereocenters. The van der Waals surface area contributed by atoms with Crippen LogP contribution in [0.25, 0.3) is 0 Å². The first-order chi connectivity index (χ1) is 12.8. The molecule has 0 aliphatic carbocycles. The van der Waals surface area contributed by atoms with Gasteiger partial charge < -0.3 is 10.6 Å². The van der Waals surface area contributed by atoms with Crippen LogP contribution in [0.5, 0.6) is 0 Å². The minimum Gasteiger partial charge on any atom is -0.357 e. The highest BCUT2D eigenvalue weighted by Crippen LogP contribution is 2.16. The predicted octanol–water partition coefficient (Wildman–Crippen LogP) is 2.68. The lowest BCUT2D eigenvalue weighted by Crippen LogP contribution is -2.36. The summed E-state index contributed by atoms with van der Waals surface area (Å²) in [5, 5.41) is 7.61. The molecule has 0 unspecified atom stereocenters. The Morgan fingerprint density at radius 1 is 1.21 bits per heavy atom. The number of aryl methyl sites for hydroxylation is 2. The standard InChI is InChI=1S/C18H27N5O2S2.HI/c1-5-20-18(22-11-17-13(2)23-14(3)26-17)21-10-15-7-6-8-16(9-15)12-27(24,25)19-4;/h6-9,19H,5,10-12H2,1-4H3,(H2,20,21,22);1H. The number of halogens is 1. The Bertz CT molecular complexity index is 897. The van der Waals surface area contributed by atoms with Crippen LogP contribution in [0, 0.1) is 13.8 Å². The Kier molecular flexibility index (Phi) is 10.4. The first-order valence-corrected chi connectivity index (χ1v) is 11.2. The summed E-state index contributed by atoms with van der Waals surface area (Å²) >= 11 is 1.68. The Morgan fingerprint density at radius 3 is 2.54 bits per heavy atom. The van der Waals surface area contributed by atoms with Gasteiger partial charge in [0, 0.05) is 11.4 Å². The summed E-state index contributed by atoms with van der Waals surface area (Å²) in [6.07, 6.45) is 0. The van der Waals surface area contributed by atoms with Crippen LogP contribution < -0.4 is 15.4 Å². The summed E-state index contributed by atoms with van der Waals surface area (Å²) in [6, 6.07) is 7.48. The van der Waals surface area contributed by atoms with E-state index >= 15 is 0 Å². The number of aromatic nitrogens is 1. The summed E-state index contributed by atoms with van der Waals surface area (Å²) in [5.74, 6) is 0.680. The second-order valence-electron chi connectivity index (χ2n) is 6.07. The first kappa shape index (κ1) is 24.8. The lowest BCUT2D eigenvalue weighted by atomic mass is 10.1. The van der Waals surface area contributed by atoms with Gasteiger partial charge in [0.2, 0.25) is 10.0 Å². The number of nitrogens with one attached hydrogen (secondary N) is 3. The molecule has 0 saturated carbocycles. The maximum Gasteiger partial charge on any atom is 0.215 e. The van der Waals surface area contributed by atoms with Crippen molar-refractivity contribution in [3.63, 3.8) is 0 Å². The van der Waals surface area contributed by atoms with Crippen molar-refractivity contribution in [3.05, 3.63) is 51.0 Å². The van der Waals surface area contributed by atoms with Crippen molar-refractivity contribution >= 4 is 51.3 Å². The topological polar surface area (TPSA) is 95.5 Å². The fraction of sp³-hybridized carbons (Fsp3) is 0.444. The molecule has 0 bridgehead atoms. The molecule has 0 fully saturated rings. The van der Waals surface area contributed by atoms with Crippen LogP contribution in [0.4, 0.5) is 0 Å². The number of aliphatic imine (C=N–C) groups is 1. The average Bonchev–Trinajstić information content (AvgIpc) is 2.94. The van der Waals surface area contributed by atoms with Gasteiger partial charge >= 0.3 is 0 Å². The van der Waals surface area contributed by atoms with Gasteiger partial charge in [-0.3, -0.25) is 0 Å². The van der Waals surface area contributed by atoms with E-state index in [2.05, 4.69) is 25.3 Å². The molecule has 1 heterocycles. The number of hydrogen-bond donors (Lipinski definition) is 3. The zero-order valence-electron chi connectivity index (χ0n) is 16.6. The Hall–Kier alpha value is -1.24. The third-order valence-electron chi connectivity index (χ3n) is 3.84. The van der Waals surface area contributed by atoms with Gasteiger partial charge in [0.1, 0.15) is 0 Å². The van der Waals surface area contributed by atoms with E-state index < -0.39 is 10.0 Å². The van der Waals surface area contributed by atoms with Gasteiger partial charge in [-0.05, 0) is 38.9 Å². The first-order valence-electron chi connectivity index (χ1n) is 8.77. The summed E-state index contributed by atoms with van der Waals surface area (Å²) < 4.78 is 25.8. The maximum absolute atomic E-state index is 11.7. The summed E-state index contributed by atoms with van der Waals surface area (Å²) in [6.45, 7) is 7.92. The van der Waals surface area contributed by atoms with E-state index in [0.717, 1.165) is 34.3 Å². The Morgan fingerprint density at radius 2 is 1.93 bits per heavy atom. The number of rotatable bonds is 8. The molecule has 3 N–H and O–H groups in total. The maximum atomic E-state index is 11.7. The van der Waals surface area contributed by atoms with Crippen LogP contribution in [-0.2, 0) is 28.9 Å². The quantitative estimate of drug-likeness (QED) is 0.274. The van der Waals surface area contributed by atoms with Crippen LogP contribution in [0.15, 0.2) is 29.3 Å². The van der Waals surface area contributed by atoms with E-state index in [4.69, 9.17) is 0 Å². The monoisotopic (exact) mass is 537 g/mol. The van der Waals surface area contributed by atoms with Crippen molar-refractivity contribution in [1.82, 2.24) is 20.3 Å². The average molecular weight is 537 g/mol. The van der Waals surface area contributed by atoms with Crippen LogP contribution >= 0.6 is 35.3 Å². The number of benzene rings is 1. The van der Waals surface area contributed by atoms with Crippen molar-refractivity contribution in [2.24, 2.45) is 4.99 Å². The summed E-state index contributed by atoms with van der Waals surface area (Å²) in [4.78, 5) is 10.2. The zero-order valence-corrected chi connectivity index (χ0v) is 20.5. The number of thiazole rings is 1. The molecule has 156 valence electrons. The minimum atomic E-state index is -3.29. The molecule has 1 aromatic heterocycles. The molecule has 1 aromatic carbocycles. The molecule has 10 heteroatoms. The lowest BCUT2D eigenvalue weighted by Gasteiger charge is -2.11. The minimum absolute atomic E-state index is 0. The van der Waals surface area contributed by atoms with E-state index in [1.165, 1.54) is 11.9 Å². The van der Waals surface area contributed by atoms with Crippen molar-refractivity contribution < 1.29 is 8.42 Å². The highest BCUT2D eigenvalue weighted by molar-refractivity contribution is 14.0. The Labute approximate surface area is 188 Å². The molecule has 0 amide bonds. The molecule has 0 radical (unpaired) electrons. The van der Waals surface area contributed by atoms with E-state index in [9.17, 15) is 8.42 Å². The molecule has 0 aliphatic rings. The number of sulfonamides is 1.